The molecule has 4 N–H and O–H groups in total. The molecule has 0 unspecified atom stereocenters. The summed E-state index contributed by atoms with van der Waals surface area (Å²) < 4.78 is 0. The van der Waals surface area contributed by atoms with Crippen molar-refractivity contribution < 1.29 is 14.7 Å². The van der Waals surface area contributed by atoms with Gasteiger partial charge in [0.25, 0.3) is 0 Å². The number of aromatic hydroxyl groups is 1. The molecular weight excluding hydrogens is 470 g/mol. The second-order valence-electron chi connectivity index (χ2n) is 9.47. The summed E-state index contributed by atoms with van der Waals surface area (Å²) in [4.78, 5) is 25.7. The maximum atomic E-state index is 12.7. The number of rotatable bonds is 10. The van der Waals surface area contributed by atoms with E-state index in [4.69, 9.17) is 12.2 Å². The largest absolute Gasteiger partial charge is 0.507 e. The van der Waals surface area contributed by atoms with Gasteiger partial charge in [0, 0.05) is 48.2 Å². The van der Waals surface area contributed by atoms with Crippen LogP contribution >= 0.6 is 12.2 Å². The fourth-order valence-electron chi connectivity index (χ4n) is 4.91. The van der Waals surface area contributed by atoms with Crippen molar-refractivity contribution in [3.8, 4) is 5.75 Å². The molecule has 0 fully saturated rings. The quantitative estimate of drug-likeness (QED) is 0.124. The van der Waals surface area contributed by atoms with E-state index in [2.05, 4.69) is 41.9 Å². The Morgan fingerprint density at radius 3 is 2.00 bits per heavy atom. The number of aryl methyl sites for hydroxylation is 2. The number of anilines is 1. The van der Waals surface area contributed by atoms with Gasteiger partial charge in [0.1, 0.15) is 5.75 Å². The van der Waals surface area contributed by atoms with Crippen molar-refractivity contribution in [1.82, 2.24) is 10.6 Å². The van der Waals surface area contributed by atoms with Gasteiger partial charge in [-0.1, -0.05) is 36.5 Å². The van der Waals surface area contributed by atoms with E-state index in [1.54, 1.807) is 6.07 Å². The monoisotopic (exact) mass is 503 g/mol. The number of thiocarbonyl (C=S) groups is 1. The Kier molecular flexibility index (Phi) is 7.89. The highest BCUT2D eigenvalue weighted by Gasteiger charge is 2.17. The molecular formula is C29H33N3O3S. The summed E-state index contributed by atoms with van der Waals surface area (Å²) in [7, 11) is 0. The average Bonchev–Trinajstić information content (AvgIpc) is 2.83. The van der Waals surface area contributed by atoms with Gasteiger partial charge in [-0.25, -0.2) is 0 Å². The Morgan fingerprint density at radius 1 is 0.778 bits per heavy atom. The van der Waals surface area contributed by atoms with Crippen LogP contribution in [0.4, 0.5) is 5.69 Å². The van der Waals surface area contributed by atoms with E-state index in [0.717, 1.165) is 63.1 Å². The molecule has 0 atom stereocenters. The lowest BCUT2D eigenvalue weighted by molar-refractivity contribution is -0.124. The van der Waals surface area contributed by atoms with E-state index in [-0.39, 0.29) is 30.4 Å². The van der Waals surface area contributed by atoms with E-state index in [0.29, 0.717) is 12.2 Å². The molecule has 7 heteroatoms. The first-order valence-electron chi connectivity index (χ1n) is 12.5. The zero-order valence-electron chi connectivity index (χ0n) is 21.1. The second-order valence-corrected chi connectivity index (χ2v) is 10.1. The van der Waals surface area contributed by atoms with Crippen LogP contribution in [0.15, 0.2) is 36.4 Å². The maximum absolute atomic E-state index is 12.7. The van der Waals surface area contributed by atoms with Crippen molar-refractivity contribution >= 4 is 67.0 Å². The van der Waals surface area contributed by atoms with E-state index >= 15 is 0 Å². The summed E-state index contributed by atoms with van der Waals surface area (Å²) in [5, 5.41) is 25.7. The van der Waals surface area contributed by atoms with E-state index in [9.17, 15) is 14.7 Å². The van der Waals surface area contributed by atoms with Crippen molar-refractivity contribution in [2.24, 2.45) is 0 Å². The van der Waals surface area contributed by atoms with Crippen LogP contribution in [-0.2, 0) is 9.59 Å². The lowest BCUT2D eigenvalue weighted by atomic mass is 9.89. The van der Waals surface area contributed by atoms with Gasteiger partial charge in [0.2, 0.25) is 11.8 Å². The van der Waals surface area contributed by atoms with Gasteiger partial charge in [-0.15, -0.1) is 0 Å². The van der Waals surface area contributed by atoms with Crippen molar-refractivity contribution in [1.29, 1.82) is 0 Å². The first kappa shape index (κ1) is 25.6. The van der Waals surface area contributed by atoms with Crippen LogP contribution in [0, 0.1) is 13.8 Å². The number of phenols is 1. The van der Waals surface area contributed by atoms with Gasteiger partial charge in [-0.05, 0) is 73.4 Å². The molecule has 0 saturated carbocycles. The third-order valence-corrected chi connectivity index (χ3v) is 6.84. The van der Waals surface area contributed by atoms with Crippen LogP contribution < -0.4 is 16.0 Å². The lowest BCUT2D eigenvalue weighted by Crippen LogP contribution is -2.26. The first-order chi connectivity index (χ1) is 17.3. The molecule has 4 rings (SSSR count). The number of carbonyl (C=O) groups is 2. The van der Waals surface area contributed by atoms with Crippen LogP contribution in [0.5, 0.6) is 5.75 Å². The number of carbonyl (C=O) groups excluding carboxylic acids is 2. The normalized spacial score (nSPS) is 11.3. The molecule has 2 amide bonds. The standard InChI is InChI=1S/C29H33N3O3S/c1-17-15-18(2)21-8-10-23-25(33)16-24(22-9-7-20(17)28(21)29(22)23)32-27(35)12-11-26(34)31-14-6-4-5-13-30-19(3)36/h7-10,15-16,33H,4-6,11-14H2,1-3H3,(H,30,36)(H,31,34)(H,32,35). The number of phenolic OH excluding ortho intramolecular Hbond substituents is 1. The van der Waals surface area contributed by atoms with Gasteiger partial charge in [0.15, 0.2) is 0 Å². The number of amides is 2. The van der Waals surface area contributed by atoms with Crippen molar-refractivity contribution in [3.63, 3.8) is 0 Å². The maximum Gasteiger partial charge on any atom is 0.224 e. The predicted molar refractivity (Wildman–Crippen MR) is 152 cm³/mol. The summed E-state index contributed by atoms with van der Waals surface area (Å²) in [5.74, 6) is -0.268. The SMILES string of the molecule is CC(=S)NCCCCCNC(=O)CCC(=O)Nc1cc(O)c2ccc3c(C)cc(C)c4ccc1c2c34. The third-order valence-electron chi connectivity index (χ3n) is 6.69. The molecule has 0 aliphatic rings. The molecule has 6 nitrogen and oxygen atoms in total. The van der Waals surface area contributed by atoms with Crippen LogP contribution in [0.2, 0.25) is 0 Å². The number of hydrogen-bond donors (Lipinski definition) is 4. The van der Waals surface area contributed by atoms with Crippen LogP contribution in [0.25, 0.3) is 32.3 Å². The smallest absolute Gasteiger partial charge is 0.224 e. The number of benzene rings is 4. The summed E-state index contributed by atoms with van der Waals surface area (Å²) in [5.41, 5.74) is 2.91. The first-order valence-corrected chi connectivity index (χ1v) is 12.9. The highest BCUT2D eigenvalue weighted by atomic mass is 32.1. The summed E-state index contributed by atoms with van der Waals surface area (Å²) in [6.07, 6.45) is 3.07. The molecule has 4 aromatic rings. The molecule has 0 saturated heterocycles. The Bertz CT molecular complexity index is 1430. The number of hydrogen-bond acceptors (Lipinski definition) is 4. The summed E-state index contributed by atoms with van der Waals surface area (Å²) in [6, 6.07) is 11.8. The van der Waals surface area contributed by atoms with Gasteiger partial charge in [-0.2, -0.15) is 0 Å². The molecule has 0 heterocycles. The fraction of sp³-hybridized carbons (Fsp3) is 0.345. The van der Waals surface area contributed by atoms with Crippen molar-refractivity contribution in [2.75, 3.05) is 18.4 Å². The molecule has 0 spiro atoms. The van der Waals surface area contributed by atoms with Crippen LogP contribution in [-0.4, -0.2) is 35.0 Å². The van der Waals surface area contributed by atoms with E-state index in [1.807, 2.05) is 25.1 Å². The zero-order chi connectivity index (χ0) is 25.8. The Balaban J connectivity index is 1.40. The topological polar surface area (TPSA) is 90.5 Å². The van der Waals surface area contributed by atoms with Gasteiger partial charge < -0.3 is 21.1 Å². The minimum atomic E-state index is -0.256. The van der Waals surface area contributed by atoms with Crippen LogP contribution in [0.3, 0.4) is 0 Å². The summed E-state index contributed by atoms with van der Waals surface area (Å²) >= 11 is 4.98. The number of nitrogens with one attached hydrogen (secondary N) is 3. The van der Waals surface area contributed by atoms with Gasteiger partial charge >= 0.3 is 0 Å². The molecule has 0 bridgehead atoms. The Hall–Kier alpha value is -3.45. The van der Waals surface area contributed by atoms with Crippen molar-refractivity contribution in [2.45, 2.75) is 52.9 Å². The molecule has 4 aromatic carbocycles. The minimum absolute atomic E-state index is 0.0741. The molecule has 0 radical (unpaired) electrons. The van der Waals surface area contributed by atoms with Gasteiger partial charge in [0.05, 0.1) is 10.7 Å². The molecule has 0 aliphatic carbocycles. The molecule has 0 aliphatic heterocycles. The third kappa shape index (κ3) is 5.51. The molecule has 36 heavy (non-hydrogen) atoms. The zero-order valence-corrected chi connectivity index (χ0v) is 21.9. The van der Waals surface area contributed by atoms with Gasteiger partial charge in [-0.3, -0.25) is 9.59 Å². The predicted octanol–water partition coefficient (Wildman–Crippen LogP) is 5.85. The highest BCUT2D eigenvalue weighted by Crippen LogP contribution is 2.43. The van der Waals surface area contributed by atoms with Crippen LogP contribution in [0.1, 0.15) is 50.2 Å². The van der Waals surface area contributed by atoms with E-state index in [1.165, 1.54) is 11.1 Å². The van der Waals surface area contributed by atoms with Crippen molar-refractivity contribution in [3.05, 3.63) is 47.5 Å². The Morgan fingerprint density at radius 2 is 1.33 bits per heavy atom. The Labute approximate surface area is 216 Å². The fourth-order valence-corrected chi connectivity index (χ4v) is 5.02. The van der Waals surface area contributed by atoms with E-state index < -0.39 is 0 Å². The molecule has 0 aromatic heterocycles. The second kappa shape index (κ2) is 11.1. The average molecular weight is 504 g/mol. The summed E-state index contributed by atoms with van der Waals surface area (Å²) in [6.45, 7) is 7.48. The number of unbranched alkanes of at least 4 members (excludes halogenated alkanes) is 2. The minimum Gasteiger partial charge on any atom is -0.507 e. The highest BCUT2D eigenvalue weighted by molar-refractivity contribution is 7.80. The molecule has 188 valence electrons. The lowest BCUT2D eigenvalue weighted by Gasteiger charge is -2.18.